The lowest BCUT2D eigenvalue weighted by atomic mass is 9.91. The van der Waals surface area contributed by atoms with Crippen molar-refractivity contribution in [2.45, 2.75) is 128 Å². The minimum atomic E-state index is 0.841. The maximum atomic E-state index is 5.67. The van der Waals surface area contributed by atoms with Crippen LogP contribution in [0.1, 0.15) is 128 Å². The van der Waals surface area contributed by atoms with Crippen molar-refractivity contribution < 1.29 is 0 Å². The van der Waals surface area contributed by atoms with Gasteiger partial charge >= 0.3 is 0 Å². The highest BCUT2D eigenvalue weighted by molar-refractivity contribution is 4.62. The fourth-order valence-corrected chi connectivity index (χ4v) is 4.12. The van der Waals surface area contributed by atoms with Gasteiger partial charge in [0.15, 0.2) is 0 Å². The third kappa shape index (κ3) is 22.0. The minimum Gasteiger partial charge on any atom is -0.330 e. The zero-order valence-electron chi connectivity index (χ0n) is 18.6. The van der Waals surface area contributed by atoms with Gasteiger partial charge in [-0.3, -0.25) is 0 Å². The van der Waals surface area contributed by atoms with E-state index in [1.165, 1.54) is 128 Å². The van der Waals surface area contributed by atoms with Crippen molar-refractivity contribution in [1.82, 2.24) is 0 Å². The summed E-state index contributed by atoms with van der Waals surface area (Å²) in [6.07, 6.45) is 27.6. The molecule has 0 fully saturated rings. The van der Waals surface area contributed by atoms with Gasteiger partial charge in [0.25, 0.3) is 0 Å². The van der Waals surface area contributed by atoms with Crippen LogP contribution >= 0.6 is 0 Å². The largest absolute Gasteiger partial charge is 0.330 e. The van der Waals surface area contributed by atoms with Crippen LogP contribution in [0.3, 0.4) is 0 Å². The molecule has 27 heavy (non-hydrogen) atoms. The van der Waals surface area contributed by atoms with E-state index in [9.17, 15) is 0 Å². The molecule has 6 N–H and O–H groups in total. The van der Waals surface area contributed by atoms with Crippen LogP contribution in [0.2, 0.25) is 0 Å². The second-order valence-corrected chi connectivity index (χ2v) is 8.61. The Morgan fingerprint density at radius 2 is 0.556 bits per heavy atom. The van der Waals surface area contributed by atoms with Crippen molar-refractivity contribution in [2.75, 3.05) is 19.6 Å². The van der Waals surface area contributed by atoms with Crippen LogP contribution in [0.4, 0.5) is 0 Å². The summed E-state index contributed by atoms with van der Waals surface area (Å²) in [4.78, 5) is 0. The Kier molecular flexibility index (Phi) is 23.8. The Hall–Kier alpha value is -0.120. The highest BCUT2D eigenvalue weighted by Crippen LogP contribution is 2.21. The van der Waals surface area contributed by atoms with Crippen LogP contribution in [0.25, 0.3) is 0 Å². The first-order valence-electron chi connectivity index (χ1n) is 12.4. The minimum absolute atomic E-state index is 0.841. The predicted octanol–water partition coefficient (Wildman–Crippen LogP) is 6.28. The molecule has 0 amide bonds. The van der Waals surface area contributed by atoms with E-state index in [0.29, 0.717) is 0 Å². The molecule has 0 bridgehead atoms. The predicted molar refractivity (Wildman–Crippen MR) is 123 cm³/mol. The van der Waals surface area contributed by atoms with Crippen LogP contribution in [0.5, 0.6) is 0 Å². The molecule has 0 saturated carbocycles. The molecule has 0 heterocycles. The lowest BCUT2D eigenvalue weighted by Gasteiger charge is -2.16. The first kappa shape index (κ1) is 26.9. The smallest absolute Gasteiger partial charge is 0.00772 e. The molecule has 0 aliphatic carbocycles. The van der Waals surface area contributed by atoms with Gasteiger partial charge < -0.3 is 17.2 Å². The molecule has 3 heteroatoms. The molecule has 164 valence electrons. The average Bonchev–Trinajstić information content (AvgIpc) is 2.69. The third-order valence-corrected chi connectivity index (χ3v) is 5.95. The normalized spacial score (nSPS) is 11.6. The van der Waals surface area contributed by atoms with Crippen LogP contribution in [0, 0.1) is 5.92 Å². The van der Waals surface area contributed by atoms with E-state index in [1.54, 1.807) is 0 Å². The van der Waals surface area contributed by atoms with Crippen molar-refractivity contribution >= 4 is 0 Å². The summed E-state index contributed by atoms with van der Waals surface area (Å²) in [5, 5.41) is 0. The maximum absolute atomic E-state index is 5.67. The molecule has 0 radical (unpaired) electrons. The van der Waals surface area contributed by atoms with E-state index in [4.69, 9.17) is 17.2 Å². The molecule has 0 saturated heterocycles. The lowest BCUT2D eigenvalue weighted by molar-refractivity contribution is 0.383. The zero-order chi connectivity index (χ0) is 19.8. The Labute approximate surface area is 171 Å². The number of unbranched alkanes of at least 4 members (excludes halogenated alkanes) is 14. The van der Waals surface area contributed by atoms with Crippen LogP contribution in [-0.4, -0.2) is 19.6 Å². The van der Waals surface area contributed by atoms with Crippen molar-refractivity contribution in [3.8, 4) is 0 Å². The molecule has 0 aliphatic heterocycles. The fraction of sp³-hybridized carbons (Fsp3) is 1.00. The number of hydrogen-bond acceptors (Lipinski definition) is 3. The van der Waals surface area contributed by atoms with Crippen LogP contribution < -0.4 is 17.2 Å². The summed E-state index contributed by atoms with van der Waals surface area (Å²) in [7, 11) is 0. The molecule has 3 nitrogen and oxygen atoms in total. The van der Waals surface area contributed by atoms with Crippen molar-refractivity contribution in [2.24, 2.45) is 23.1 Å². The molecular formula is C24H53N3. The molecule has 0 aromatic rings. The first-order chi connectivity index (χ1) is 13.3. The highest BCUT2D eigenvalue weighted by atomic mass is 14.5. The summed E-state index contributed by atoms with van der Waals surface area (Å²) < 4.78 is 0. The summed E-state index contributed by atoms with van der Waals surface area (Å²) in [5.74, 6) is 0.873. The second-order valence-electron chi connectivity index (χ2n) is 8.61. The van der Waals surface area contributed by atoms with Gasteiger partial charge in [0, 0.05) is 0 Å². The Morgan fingerprint density at radius 1 is 0.296 bits per heavy atom. The molecule has 0 unspecified atom stereocenters. The van der Waals surface area contributed by atoms with Gasteiger partial charge in [0.05, 0.1) is 0 Å². The van der Waals surface area contributed by atoms with Crippen molar-refractivity contribution in [3.05, 3.63) is 0 Å². The number of nitrogens with two attached hydrogens (primary N) is 3. The molecule has 0 atom stereocenters. The topological polar surface area (TPSA) is 78.1 Å². The van der Waals surface area contributed by atoms with Gasteiger partial charge in [-0.15, -0.1) is 0 Å². The Balaban J connectivity index is 3.24. The van der Waals surface area contributed by atoms with E-state index in [0.717, 1.165) is 25.6 Å². The Morgan fingerprint density at radius 3 is 0.889 bits per heavy atom. The van der Waals surface area contributed by atoms with E-state index in [1.807, 2.05) is 0 Å². The van der Waals surface area contributed by atoms with Crippen molar-refractivity contribution in [1.29, 1.82) is 0 Å². The van der Waals surface area contributed by atoms with Crippen molar-refractivity contribution in [3.63, 3.8) is 0 Å². The first-order valence-corrected chi connectivity index (χ1v) is 12.4. The number of rotatable bonds is 23. The maximum Gasteiger partial charge on any atom is -0.00772 e. The second kappa shape index (κ2) is 23.9. The van der Waals surface area contributed by atoms with Gasteiger partial charge in [-0.2, -0.15) is 0 Å². The highest BCUT2D eigenvalue weighted by Gasteiger charge is 2.07. The van der Waals surface area contributed by atoms with Gasteiger partial charge in [-0.05, 0) is 57.7 Å². The monoisotopic (exact) mass is 383 g/mol. The summed E-state index contributed by atoms with van der Waals surface area (Å²) in [5.41, 5.74) is 16.9. The zero-order valence-corrected chi connectivity index (χ0v) is 18.6. The molecule has 0 rings (SSSR count). The number of hydrogen-bond donors (Lipinski definition) is 3. The van der Waals surface area contributed by atoms with Crippen LogP contribution in [0.15, 0.2) is 0 Å². The van der Waals surface area contributed by atoms with E-state index in [-0.39, 0.29) is 0 Å². The molecule has 0 aromatic carbocycles. The standard InChI is InChI=1S/C24H53N3/c25-21-15-13-11-9-7-5-3-1-2-4-6-8-10-12-14-18-24(19-16-22-26)20-17-23-27/h24H,1-23,25-27H2. The summed E-state index contributed by atoms with van der Waals surface area (Å²) in [6.45, 7) is 2.55. The van der Waals surface area contributed by atoms with Crippen LogP contribution in [-0.2, 0) is 0 Å². The fourth-order valence-electron chi connectivity index (χ4n) is 4.12. The molecule has 0 aromatic heterocycles. The van der Waals surface area contributed by atoms with Gasteiger partial charge in [0.1, 0.15) is 0 Å². The average molecular weight is 384 g/mol. The Bertz CT molecular complexity index is 250. The summed E-state index contributed by atoms with van der Waals surface area (Å²) >= 11 is 0. The SMILES string of the molecule is NCCCCCCCCCCCCCCCCCC(CCCN)CCCN. The summed E-state index contributed by atoms with van der Waals surface area (Å²) in [6, 6.07) is 0. The van der Waals surface area contributed by atoms with Gasteiger partial charge in [0.2, 0.25) is 0 Å². The van der Waals surface area contributed by atoms with Gasteiger partial charge in [-0.1, -0.05) is 96.3 Å². The van der Waals surface area contributed by atoms with E-state index < -0.39 is 0 Å². The quantitative estimate of drug-likeness (QED) is 0.182. The van der Waals surface area contributed by atoms with E-state index >= 15 is 0 Å². The van der Waals surface area contributed by atoms with Gasteiger partial charge in [-0.25, -0.2) is 0 Å². The molecule has 0 spiro atoms. The van der Waals surface area contributed by atoms with E-state index in [2.05, 4.69) is 0 Å². The molecular weight excluding hydrogens is 330 g/mol. The third-order valence-electron chi connectivity index (χ3n) is 5.95. The lowest BCUT2D eigenvalue weighted by Crippen LogP contribution is -2.08. The molecule has 0 aliphatic rings.